The molecule has 2 aliphatic heterocycles. The molecular weight excluding hydrogens is 430 g/mol. The van der Waals surface area contributed by atoms with Gasteiger partial charge in [-0.1, -0.05) is 16.8 Å². The molecule has 2 fully saturated rings. The summed E-state index contributed by atoms with van der Waals surface area (Å²) in [5.41, 5.74) is 2.87. The first-order chi connectivity index (χ1) is 15.5. The second-order valence-electron chi connectivity index (χ2n) is 8.49. The van der Waals surface area contributed by atoms with Gasteiger partial charge in [-0.25, -0.2) is 4.68 Å². The highest BCUT2D eigenvalue weighted by Crippen LogP contribution is 2.38. The fourth-order valence-corrected chi connectivity index (χ4v) is 4.48. The van der Waals surface area contributed by atoms with Crippen LogP contribution in [0.2, 0.25) is 5.02 Å². The Morgan fingerprint density at radius 2 is 1.88 bits per heavy atom. The molecule has 1 N–H and O–H groups in total. The second-order valence-corrected chi connectivity index (χ2v) is 8.93. The predicted octanol–water partition coefficient (Wildman–Crippen LogP) is 2.90. The van der Waals surface area contributed by atoms with Crippen LogP contribution in [0.5, 0.6) is 0 Å². The van der Waals surface area contributed by atoms with Crippen LogP contribution < -0.4 is 5.56 Å². The number of carbonyl (C=O) groups excluding carboxylic acids is 1. The van der Waals surface area contributed by atoms with Gasteiger partial charge < -0.3 is 14.6 Å². The lowest BCUT2D eigenvalue weighted by molar-refractivity contribution is -0.176. The van der Waals surface area contributed by atoms with Crippen molar-refractivity contribution in [2.24, 2.45) is 5.41 Å². The molecule has 2 aromatic heterocycles. The van der Waals surface area contributed by atoms with Gasteiger partial charge in [-0.15, -0.1) is 5.10 Å². The molecule has 160 valence electrons. The number of aromatic nitrogens is 4. The molecule has 4 aromatic rings. The van der Waals surface area contributed by atoms with E-state index in [1.807, 2.05) is 17.0 Å². The van der Waals surface area contributed by atoms with Gasteiger partial charge in [-0.3, -0.25) is 9.59 Å². The summed E-state index contributed by atoms with van der Waals surface area (Å²) >= 11 is 6.08. The van der Waals surface area contributed by atoms with E-state index in [1.165, 1.54) is 0 Å². The number of hydrogen-bond acceptors (Lipinski definition) is 5. The van der Waals surface area contributed by atoms with Gasteiger partial charge >= 0.3 is 0 Å². The molecular formula is C23H18ClN5O3. The lowest BCUT2D eigenvalue weighted by Crippen LogP contribution is -2.67. The van der Waals surface area contributed by atoms with Crippen LogP contribution >= 0.6 is 11.6 Å². The van der Waals surface area contributed by atoms with Crippen molar-refractivity contribution in [3.63, 3.8) is 0 Å². The smallest absolute Gasteiger partial charge is 0.258 e. The quantitative estimate of drug-likeness (QED) is 0.521. The van der Waals surface area contributed by atoms with Crippen molar-refractivity contribution in [3.05, 3.63) is 75.7 Å². The van der Waals surface area contributed by atoms with Crippen LogP contribution in [0.4, 0.5) is 0 Å². The molecule has 2 saturated heterocycles. The molecule has 4 heterocycles. The largest absolute Gasteiger partial charge is 0.380 e. The Kier molecular flexibility index (Phi) is 4.21. The summed E-state index contributed by atoms with van der Waals surface area (Å²) in [6.45, 7) is 3.01. The third kappa shape index (κ3) is 3.11. The molecule has 1 amide bonds. The number of rotatable bonds is 3. The Hall–Kier alpha value is -3.49. The maximum atomic E-state index is 12.7. The van der Waals surface area contributed by atoms with Crippen LogP contribution in [-0.2, 0) is 4.74 Å². The van der Waals surface area contributed by atoms with E-state index in [0.29, 0.717) is 27.4 Å². The van der Waals surface area contributed by atoms with E-state index in [2.05, 4.69) is 15.3 Å². The molecule has 1 spiro atoms. The highest BCUT2D eigenvalue weighted by molar-refractivity contribution is 6.31. The van der Waals surface area contributed by atoms with Gasteiger partial charge in [0, 0.05) is 34.6 Å². The van der Waals surface area contributed by atoms with Crippen LogP contribution in [-0.4, -0.2) is 57.1 Å². The number of carbonyl (C=O) groups is 1. The predicted molar refractivity (Wildman–Crippen MR) is 119 cm³/mol. The summed E-state index contributed by atoms with van der Waals surface area (Å²) in [7, 11) is 0. The van der Waals surface area contributed by atoms with Gasteiger partial charge in [0.15, 0.2) is 0 Å². The number of hydrogen-bond donors (Lipinski definition) is 1. The van der Waals surface area contributed by atoms with Gasteiger partial charge in [-0.05, 0) is 48.5 Å². The Labute approximate surface area is 187 Å². The minimum Gasteiger partial charge on any atom is -0.380 e. The number of amides is 1. The molecule has 0 aliphatic carbocycles. The summed E-state index contributed by atoms with van der Waals surface area (Å²) < 4.78 is 6.84. The van der Waals surface area contributed by atoms with E-state index in [9.17, 15) is 9.59 Å². The van der Waals surface area contributed by atoms with Crippen LogP contribution in [0.15, 0.2) is 59.5 Å². The third-order valence-electron chi connectivity index (χ3n) is 6.11. The second kappa shape index (κ2) is 7.01. The van der Waals surface area contributed by atoms with E-state index in [-0.39, 0.29) is 16.9 Å². The summed E-state index contributed by atoms with van der Waals surface area (Å²) in [6.07, 6.45) is 1.69. The van der Waals surface area contributed by atoms with Crippen molar-refractivity contribution < 1.29 is 9.53 Å². The monoisotopic (exact) mass is 447 g/mol. The fourth-order valence-electron chi connectivity index (χ4n) is 4.30. The van der Waals surface area contributed by atoms with E-state index in [1.54, 1.807) is 47.3 Å². The van der Waals surface area contributed by atoms with Crippen molar-refractivity contribution in [2.75, 3.05) is 26.3 Å². The molecule has 0 unspecified atom stereocenters. The number of pyridine rings is 1. The number of nitrogens with one attached hydrogen (secondary N) is 1. The average Bonchev–Trinajstić information content (AvgIpc) is 3.21. The maximum absolute atomic E-state index is 12.7. The zero-order chi connectivity index (χ0) is 21.9. The first-order valence-electron chi connectivity index (χ1n) is 10.2. The van der Waals surface area contributed by atoms with Crippen molar-refractivity contribution >= 4 is 28.4 Å². The minimum atomic E-state index is -0.253. The number of fused-ring (bicyclic) bond motifs is 1. The number of halogens is 1. The van der Waals surface area contributed by atoms with Crippen molar-refractivity contribution in [2.45, 2.75) is 0 Å². The standard InChI is InChI=1S/C23H18ClN5O3/c24-16-3-6-19-15(7-16)8-18(21(30)25-19)20-9-29(27-26-20)17-4-1-14(2-5-17)22(31)28-10-23(11-28)12-32-13-23/h1-9H,10-13H2,(H,25,30). The molecule has 6 rings (SSSR count). The van der Waals surface area contributed by atoms with Gasteiger partial charge in [0.1, 0.15) is 5.69 Å². The van der Waals surface area contributed by atoms with Crippen LogP contribution in [0, 0.1) is 5.41 Å². The Balaban J connectivity index is 1.24. The van der Waals surface area contributed by atoms with Crippen LogP contribution in [0.1, 0.15) is 10.4 Å². The topological polar surface area (TPSA) is 93.1 Å². The molecule has 0 saturated carbocycles. The van der Waals surface area contributed by atoms with E-state index >= 15 is 0 Å². The summed E-state index contributed by atoms with van der Waals surface area (Å²) in [6, 6.07) is 14.2. The minimum absolute atomic E-state index is 0.0229. The molecule has 8 nitrogen and oxygen atoms in total. The lowest BCUT2D eigenvalue weighted by Gasteiger charge is -2.54. The molecule has 2 aromatic carbocycles. The zero-order valence-electron chi connectivity index (χ0n) is 16.9. The fraction of sp³-hybridized carbons (Fsp3) is 0.217. The first-order valence-corrected chi connectivity index (χ1v) is 10.6. The van der Waals surface area contributed by atoms with Gasteiger partial charge in [0.2, 0.25) is 0 Å². The summed E-state index contributed by atoms with van der Waals surface area (Å²) in [5, 5.41) is 9.72. The van der Waals surface area contributed by atoms with E-state index < -0.39 is 0 Å². The first kappa shape index (κ1) is 19.2. The Bertz CT molecular complexity index is 1410. The van der Waals surface area contributed by atoms with Gasteiger partial charge in [0.25, 0.3) is 11.5 Å². The molecule has 0 atom stereocenters. The normalized spacial score (nSPS) is 16.7. The van der Waals surface area contributed by atoms with Gasteiger partial charge in [-0.2, -0.15) is 0 Å². The van der Waals surface area contributed by atoms with E-state index in [4.69, 9.17) is 16.3 Å². The summed E-state index contributed by atoms with van der Waals surface area (Å²) in [4.78, 5) is 29.9. The zero-order valence-corrected chi connectivity index (χ0v) is 17.7. The summed E-state index contributed by atoms with van der Waals surface area (Å²) in [5.74, 6) is 0.0229. The number of H-pyrrole nitrogens is 1. The number of likely N-dealkylation sites (tertiary alicyclic amines) is 1. The molecule has 32 heavy (non-hydrogen) atoms. The highest BCUT2D eigenvalue weighted by Gasteiger charge is 2.50. The van der Waals surface area contributed by atoms with E-state index in [0.717, 1.165) is 37.4 Å². The Morgan fingerprint density at radius 3 is 2.59 bits per heavy atom. The van der Waals surface area contributed by atoms with Gasteiger partial charge in [0.05, 0.1) is 36.1 Å². The number of benzene rings is 2. The molecule has 9 heteroatoms. The van der Waals surface area contributed by atoms with Crippen LogP contribution in [0.3, 0.4) is 0 Å². The molecule has 2 aliphatic rings. The SMILES string of the molecule is O=C(c1ccc(-n2cc(-c3cc4cc(Cl)ccc4[nH]c3=O)nn2)cc1)N1CC2(COC2)C1. The van der Waals surface area contributed by atoms with Crippen molar-refractivity contribution in [1.82, 2.24) is 24.9 Å². The van der Waals surface area contributed by atoms with Crippen molar-refractivity contribution in [1.29, 1.82) is 0 Å². The van der Waals surface area contributed by atoms with Crippen molar-refractivity contribution in [3.8, 4) is 16.9 Å². The molecule has 0 bridgehead atoms. The highest BCUT2D eigenvalue weighted by atomic mass is 35.5. The Morgan fingerprint density at radius 1 is 1.09 bits per heavy atom. The maximum Gasteiger partial charge on any atom is 0.258 e. The lowest BCUT2D eigenvalue weighted by atomic mass is 9.78. The number of aromatic amines is 1. The molecule has 0 radical (unpaired) electrons. The van der Waals surface area contributed by atoms with Crippen LogP contribution in [0.25, 0.3) is 27.8 Å². The number of nitrogens with zero attached hydrogens (tertiary/aromatic N) is 4. The average molecular weight is 448 g/mol. The number of ether oxygens (including phenoxy) is 1. The third-order valence-corrected chi connectivity index (χ3v) is 6.35.